The average Bonchev–Trinajstić information content (AvgIpc) is 2.72. The second-order valence-corrected chi connectivity index (χ2v) is 5.84. The molecule has 3 rings (SSSR count). The van der Waals surface area contributed by atoms with Gasteiger partial charge in [0, 0.05) is 12.3 Å². The second kappa shape index (κ2) is 8.67. The van der Waals surface area contributed by atoms with E-state index >= 15 is 0 Å². The summed E-state index contributed by atoms with van der Waals surface area (Å²) in [6.45, 7) is 0.254. The van der Waals surface area contributed by atoms with E-state index in [4.69, 9.17) is 4.74 Å². The van der Waals surface area contributed by atoms with Crippen molar-refractivity contribution in [2.45, 2.75) is 6.54 Å². The van der Waals surface area contributed by atoms with Crippen LogP contribution in [-0.4, -0.2) is 23.1 Å². The van der Waals surface area contributed by atoms with Crippen LogP contribution >= 0.6 is 0 Å². The molecule has 2 aromatic carbocycles. The van der Waals surface area contributed by atoms with E-state index in [1.807, 2.05) is 42.5 Å². The Bertz CT molecular complexity index is 922. The van der Waals surface area contributed by atoms with Crippen molar-refractivity contribution < 1.29 is 14.6 Å². The lowest BCUT2D eigenvalue weighted by Crippen LogP contribution is -2.29. The largest absolute Gasteiger partial charge is 0.506 e. The summed E-state index contributed by atoms with van der Waals surface area (Å²) in [5.41, 5.74) is 2.04. The molecule has 0 aliphatic heterocycles. The summed E-state index contributed by atoms with van der Waals surface area (Å²) < 4.78 is 5.14. The van der Waals surface area contributed by atoms with Crippen molar-refractivity contribution in [2.24, 2.45) is 0 Å². The fourth-order valence-corrected chi connectivity index (χ4v) is 2.60. The maximum atomic E-state index is 12.9. The molecular weight excluding hydrogens is 340 g/mol. The quantitative estimate of drug-likeness (QED) is 0.674. The summed E-state index contributed by atoms with van der Waals surface area (Å²) in [6, 6.07) is 19.7. The minimum Gasteiger partial charge on any atom is -0.506 e. The summed E-state index contributed by atoms with van der Waals surface area (Å²) in [6.07, 6.45) is 4.89. The second-order valence-electron chi connectivity index (χ2n) is 5.84. The molecule has 5 heteroatoms. The number of ether oxygens (including phenoxy) is 1. The first kappa shape index (κ1) is 18.2. The van der Waals surface area contributed by atoms with E-state index in [2.05, 4.69) is 4.98 Å². The summed E-state index contributed by atoms with van der Waals surface area (Å²) in [4.78, 5) is 18.6. The number of nitrogens with zero attached hydrogens (tertiary/aromatic N) is 2. The van der Waals surface area contributed by atoms with Crippen molar-refractivity contribution in [1.29, 1.82) is 0 Å². The number of phenols is 1. The number of amides is 1. The van der Waals surface area contributed by atoms with Gasteiger partial charge in [0.05, 0.1) is 25.0 Å². The SMILES string of the molecule is COc1ccc(/C=C/C(=O)N(Cc2ccccn2)c2ccccc2O)cc1. The van der Waals surface area contributed by atoms with E-state index in [1.54, 1.807) is 43.6 Å². The van der Waals surface area contributed by atoms with Crippen molar-refractivity contribution in [3.8, 4) is 11.5 Å². The van der Waals surface area contributed by atoms with E-state index in [0.717, 1.165) is 17.0 Å². The summed E-state index contributed by atoms with van der Waals surface area (Å²) >= 11 is 0. The van der Waals surface area contributed by atoms with Crippen LogP contribution in [0.15, 0.2) is 79.0 Å². The number of hydrogen-bond donors (Lipinski definition) is 1. The number of rotatable bonds is 6. The number of carbonyl (C=O) groups excluding carboxylic acids is 1. The number of methoxy groups -OCH3 is 1. The predicted octanol–water partition coefficient (Wildman–Crippen LogP) is 4.04. The first-order valence-corrected chi connectivity index (χ1v) is 8.49. The number of benzene rings is 2. The first-order valence-electron chi connectivity index (χ1n) is 8.49. The zero-order valence-corrected chi connectivity index (χ0v) is 14.9. The third-order valence-electron chi connectivity index (χ3n) is 4.02. The third-order valence-corrected chi connectivity index (χ3v) is 4.02. The molecule has 0 radical (unpaired) electrons. The molecule has 136 valence electrons. The summed E-state index contributed by atoms with van der Waals surface area (Å²) in [7, 11) is 1.61. The van der Waals surface area contributed by atoms with Gasteiger partial charge in [0.25, 0.3) is 5.91 Å². The lowest BCUT2D eigenvalue weighted by molar-refractivity contribution is -0.114. The molecule has 0 spiro atoms. The zero-order valence-electron chi connectivity index (χ0n) is 14.9. The lowest BCUT2D eigenvalue weighted by atomic mass is 10.2. The minimum absolute atomic E-state index is 0.0413. The van der Waals surface area contributed by atoms with Gasteiger partial charge in [0.15, 0.2) is 0 Å². The average molecular weight is 360 g/mol. The van der Waals surface area contributed by atoms with Crippen LogP contribution in [0.3, 0.4) is 0 Å². The van der Waals surface area contributed by atoms with Crippen LogP contribution in [0.4, 0.5) is 5.69 Å². The van der Waals surface area contributed by atoms with Crippen molar-refractivity contribution >= 4 is 17.7 Å². The summed E-state index contributed by atoms with van der Waals surface area (Å²) in [5.74, 6) is 0.544. The Morgan fingerprint density at radius 2 is 1.81 bits per heavy atom. The highest BCUT2D eigenvalue weighted by Gasteiger charge is 2.17. The fourth-order valence-electron chi connectivity index (χ4n) is 2.60. The Hall–Kier alpha value is -3.60. The van der Waals surface area contributed by atoms with Crippen LogP contribution < -0.4 is 9.64 Å². The van der Waals surface area contributed by atoms with Gasteiger partial charge in [-0.3, -0.25) is 14.7 Å². The van der Waals surface area contributed by atoms with Gasteiger partial charge >= 0.3 is 0 Å². The van der Waals surface area contributed by atoms with Crippen LogP contribution in [0, 0.1) is 0 Å². The number of carbonyl (C=O) groups is 1. The van der Waals surface area contributed by atoms with Gasteiger partial charge in [-0.2, -0.15) is 0 Å². The Morgan fingerprint density at radius 3 is 2.48 bits per heavy atom. The Kier molecular flexibility index (Phi) is 5.84. The van der Waals surface area contributed by atoms with Crippen LogP contribution in [-0.2, 0) is 11.3 Å². The van der Waals surface area contributed by atoms with Gasteiger partial charge in [-0.25, -0.2) is 0 Å². The molecule has 1 aromatic heterocycles. The molecule has 1 amide bonds. The smallest absolute Gasteiger partial charge is 0.251 e. The fraction of sp³-hybridized carbons (Fsp3) is 0.0909. The number of pyridine rings is 1. The van der Waals surface area contributed by atoms with E-state index in [-0.39, 0.29) is 18.2 Å². The van der Waals surface area contributed by atoms with E-state index in [9.17, 15) is 9.90 Å². The van der Waals surface area contributed by atoms with Crippen LogP contribution in [0.5, 0.6) is 11.5 Å². The van der Waals surface area contributed by atoms with Gasteiger partial charge in [-0.15, -0.1) is 0 Å². The number of hydrogen-bond acceptors (Lipinski definition) is 4. The zero-order chi connectivity index (χ0) is 19.1. The number of para-hydroxylation sites is 2. The number of anilines is 1. The normalized spacial score (nSPS) is 10.7. The molecule has 0 fully saturated rings. The molecule has 0 bridgehead atoms. The van der Waals surface area contributed by atoms with Gasteiger partial charge < -0.3 is 9.84 Å². The maximum absolute atomic E-state index is 12.9. The first-order chi connectivity index (χ1) is 13.2. The molecule has 5 nitrogen and oxygen atoms in total. The van der Waals surface area contributed by atoms with Crippen LogP contribution in [0.1, 0.15) is 11.3 Å². The van der Waals surface area contributed by atoms with E-state index < -0.39 is 0 Å². The number of phenolic OH excluding ortho intramolecular Hbond substituents is 1. The van der Waals surface area contributed by atoms with E-state index in [0.29, 0.717) is 5.69 Å². The molecule has 0 aliphatic rings. The molecule has 0 saturated heterocycles. The molecule has 3 aromatic rings. The van der Waals surface area contributed by atoms with Gasteiger partial charge in [0.1, 0.15) is 11.5 Å². The lowest BCUT2D eigenvalue weighted by Gasteiger charge is -2.22. The van der Waals surface area contributed by atoms with Crippen molar-refractivity contribution in [3.63, 3.8) is 0 Å². The van der Waals surface area contributed by atoms with Crippen molar-refractivity contribution in [3.05, 3.63) is 90.3 Å². The Morgan fingerprint density at radius 1 is 1.07 bits per heavy atom. The summed E-state index contributed by atoms with van der Waals surface area (Å²) in [5, 5.41) is 10.2. The minimum atomic E-state index is -0.252. The highest BCUT2D eigenvalue weighted by molar-refractivity contribution is 6.04. The highest BCUT2D eigenvalue weighted by Crippen LogP contribution is 2.28. The monoisotopic (exact) mass is 360 g/mol. The van der Waals surface area contributed by atoms with Crippen molar-refractivity contribution in [2.75, 3.05) is 12.0 Å². The van der Waals surface area contributed by atoms with Crippen molar-refractivity contribution in [1.82, 2.24) is 4.98 Å². The van der Waals surface area contributed by atoms with E-state index in [1.165, 1.54) is 11.0 Å². The predicted molar refractivity (Wildman–Crippen MR) is 106 cm³/mol. The number of aromatic nitrogens is 1. The molecule has 1 heterocycles. The standard InChI is InChI=1S/C22H20N2O3/c1-27-19-12-9-17(10-13-19)11-14-22(26)24(16-18-6-4-5-15-23-18)20-7-2-3-8-21(20)25/h2-15,25H,16H2,1H3/b14-11+. The highest BCUT2D eigenvalue weighted by atomic mass is 16.5. The molecule has 0 saturated carbocycles. The Balaban J connectivity index is 1.85. The molecular formula is C22H20N2O3. The van der Waals surface area contributed by atoms with Crippen LogP contribution in [0.25, 0.3) is 6.08 Å². The van der Waals surface area contributed by atoms with Gasteiger partial charge in [0.2, 0.25) is 0 Å². The number of aromatic hydroxyl groups is 1. The molecule has 27 heavy (non-hydrogen) atoms. The van der Waals surface area contributed by atoms with Gasteiger partial charge in [-0.1, -0.05) is 30.3 Å². The Labute approximate surface area is 158 Å². The molecule has 0 atom stereocenters. The topological polar surface area (TPSA) is 62.7 Å². The van der Waals surface area contributed by atoms with Gasteiger partial charge in [-0.05, 0) is 48.0 Å². The third kappa shape index (κ3) is 4.73. The van der Waals surface area contributed by atoms with Crippen LogP contribution in [0.2, 0.25) is 0 Å². The molecule has 1 N–H and O–H groups in total. The molecule has 0 aliphatic carbocycles. The molecule has 0 unspecified atom stereocenters. The maximum Gasteiger partial charge on any atom is 0.251 e.